The van der Waals surface area contributed by atoms with Gasteiger partial charge in [0.2, 0.25) is 10.0 Å². The van der Waals surface area contributed by atoms with E-state index in [4.69, 9.17) is 21.7 Å². The first-order valence-electron chi connectivity index (χ1n) is 10.9. The number of methoxy groups -OCH3 is 2. The fourth-order valence-electron chi connectivity index (χ4n) is 3.84. The number of rotatable bonds is 8. The van der Waals surface area contributed by atoms with Gasteiger partial charge >= 0.3 is 0 Å². The third-order valence-corrected chi connectivity index (χ3v) is 7.96. The van der Waals surface area contributed by atoms with Gasteiger partial charge in [0.05, 0.1) is 19.1 Å². The summed E-state index contributed by atoms with van der Waals surface area (Å²) in [6, 6.07) is 9.00. The Labute approximate surface area is 201 Å². The van der Waals surface area contributed by atoms with Crippen LogP contribution in [0.3, 0.4) is 0 Å². The van der Waals surface area contributed by atoms with Crippen molar-refractivity contribution in [3.63, 3.8) is 0 Å². The van der Waals surface area contributed by atoms with E-state index in [2.05, 4.69) is 10.6 Å². The molecule has 0 unspecified atom stereocenters. The fourth-order valence-corrected chi connectivity index (χ4v) is 5.56. The van der Waals surface area contributed by atoms with Gasteiger partial charge in [0.25, 0.3) is 0 Å². The van der Waals surface area contributed by atoms with Crippen LogP contribution < -0.4 is 20.1 Å². The number of fused-ring (bicyclic) bond motifs is 1. The summed E-state index contributed by atoms with van der Waals surface area (Å²) in [4.78, 5) is 0.716. The van der Waals surface area contributed by atoms with Crippen LogP contribution in [0.4, 0.5) is 5.69 Å². The summed E-state index contributed by atoms with van der Waals surface area (Å²) in [5, 5.41) is 6.60. The van der Waals surface area contributed by atoms with E-state index in [9.17, 15) is 8.42 Å². The number of ether oxygens (including phenoxy) is 2. The summed E-state index contributed by atoms with van der Waals surface area (Å²) in [5.74, 6) is 1.34. The predicted molar refractivity (Wildman–Crippen MR) is 137 cm³/mol. The topological polar surface area (TPSA) is 79.9 Å². The number of thiocarbonyl (C=S) groups is 1. The van der Waals surface area contributed by atoms with Gasteiger partial charge in [-0.05, 0) is 54.8 Å². The second-order valence-corrected chi connectivity index (χ2v) is 10.0. The minimum absolute atomic E-state index is 0.243. The van der Waals surface area contributed by atoms with Gasteiger partial charge in [-0.15, -0.1) is 0 Å². The maximum Gasteiger partial charge on any atom is 0.243 e. The van der Waals surface area contributed by atoms with Crippen LogP contribution in [0, 0.1) is 6.92 Å². The van der Waals surface area contributed by atoms with Gasteiger partial charge < -0.3 is 20.1 Å². The van der Waals surface area contributed by atoms with Crippen molar-refractivity contribution in [3.05, 3.63) is 53.1 Å². The monoisotopic (exact) mass is 489 g/mol. The molecule has 33 heavy (non-hydrogen) atoms. The predicted octanol–water partition coefficient (Wildman–Crippen LogP) is 3.97. The molecular formula is C24H31N3O4S2. The molecule has 0 aliphatic carbocycles. The number of aryl methyl sites for hydroxylation is 1. The lowest BCUT2D eigenvalue weighted by molar-refractivity contribution is 0.354. The third kappa shape index (κ3) is 5.31. The van der Waals surface area contributed by atoms with Crippen LogP contribution >= 0.6 is 12.2 Å². The Balaban J connectivity index is 1.91. The Kier molecular flexibility index (Phi) is 7.99. The van der Waals surface area contributed by atoms with E-state index in [1.807, 2.05) is 39.0 Å². The van der Waals surface area contributed by atoms with Crippen LogP contribution in [0.25, 0.3) is 5.70 Å². The van der Waals surface area contributed by atoms with Gasteiger partial charge in [-0.3, -0.25) is 0 Å². The SMILES string of the molecule is CCN(CC)S(=O)(=O)c1ccc(C)c(NC(=S)C=C2NCCc3cc(OC)c(OC)cc32)c1. The molecule has 1 aliphatic heterocycles. The van der Waals surface area contributed by atoms with Crippen LogP contribution in [-0.2, 0) is 16.4 Å². The minimum Gasteiger partial charge on any atom is -0.493 e. The van der Waals surface area contributed by atoms with Crippen LogP contribution in [0.2, 0.25) is 0 Å². The number of hydrogen-bond acceptors (Lipinski definition) is 6. The molecule has 0 saturated heterocycles. The molecule has 1 aliphatic rings. The molecule has 0 spiro atoms. The van der Waals surface area contributed by atoms with Crippen LogP contribution in [-0.4, -0.2) is 51.6 Å². The van der Waals surface area contributed by atoms with Crippen molar-refractivity contribution < 1.29 is 17.9 Å². The van der Waals surface area contributed by atoms with E-state index in [-0.39, 0.29) is 4.90 Å². The molecule has 2 N–H and O–H groups in total. The maximum absolute atomic E-state index is 12.9. The van der Waals surface area contributed by atoms with E-state index < -0.39 is 10.0 Å². The molecule has 0 bridgehead atoms. The standard InChI is InChI=1S/C24H31N3O4S2/c1-6-27(7-2)33(28,29)18-9-8-16(3)20(13-18)26-24(32)15-21-19-14-23(31-5)22(30-4)12-17(19)10-11-25-21/h8-9,12-15,25H,6-7,10-11H2,1-5H3,(H,26,32). The van der Waals surface area contributed by atoms with Gasteiger partial charge in [-0.1, -0.05) is 32.1 Å². The minimum atomic E-state index is -3.56. The quantitative estimate of drug-likeness (QED) is 0.429. The summed E-state index contributed by atoms with van der Waals surface area (Å²) < 4.78 is 38.2. The van der Waals surface area contributed by atoms with Crippen LogP contribution in [0.15, 0.2) is 41.3 Å². The first-order chi connectivity index (χ1) is 15.7. The molecule has 0 aromatic heterocycles. The van der Waals surface area contributed by atoms with E-state index in [1.165, 1.54) is 4.31 Å². The van der Waals surface area contributed by atoms with Crippen molar-refractivity contribution in [1.82, 2.24) is 9.62 Å². The number of hydrogen-bond donors (Lipinski definition) is 2. The lowest BCUT2D eigenvalue weighted by Crippen LogP contribution is -2.30. The molecule has 0 amide bonds. The van der Waals surface area contributed by atoms with Crippen LogP contribution in [0.1, 0.15) is 30.5 Å². The number of anilines is 1. The van der Waals surface area contributed by atoms with E-state index in [0.29, 0.717) is 35.3 Å². The zero-order chi connectivity index (χ0) is 24.2. The van der Waals surface area contributed by atoms with Gasteiger partial charge in [-0.2, -0.15) is 4.31 Å². The highest BCUT2D eigenvalue weighted by atomic mass is 32.2. The van der Waals surface area contributed by atoms with Crippen molar-refractivity contribution in [2.45, 2.75) is 32.1 Å². The lowest BCUT2D eigenvalue weighted by atomic mass is 9.97. The molecule has 0 radical (unpaired) electrons. The molecule has 1 heterocycles. The second-order valence-electron chi connectivity index (χ2n) is 7.65. The van der Waals surface area contributed by atoms with Gasteiger partial charge in [-0.25, -0.2) is 8.42 Å². The van der Waals surface area contributed by atoms with Crippen molar-refractivity contribution in [1.29, 1.82) is 0 Å². The number of benzene rings is 2. The van der Waals surface area contributed by atoms with Crippen molar-refractivity contribution in [2.75, 3.05) is 39.2 Å². The second kappa shape index (κ2) is 10.5. The zero-order valence-corrected chi connectivity index (χ0v) is 21.3. The van der Waals surface area contributed by atoms with E-state index in [1.54, 1.807) is 32.4 Å². The third-order valence-electron chi connectivity index (χ3n) is 5.69. The van der Waals surface area contributed by atoms with Gasteiger partial charge in [0, 0.05) is 36.6 Å². The van der Waals surface area contributed by atoms with Crippen LogP contribution in [0.5, 0.6) is 11.5 Å². The summed E-state index contributed by atoms with van der Waals surface area (Å²) in [5.41, 5.74) is 4.58. The highest BCUT2D eigenvalue weighted by molar-refractivity contribution is 7.89. The normalized spacial score (nSPS) is 14.5. The molecule has 2 aromatic carbocycles. The Morgan fingerprint density at radius 1 is 1.15 bits per heavy atom. The molecule has 0 atom stereocenters. The molecule has 178 valence electrons. The summed E-state index contributed by atoms with van der Waals surface area (Å²) >= 11 is 5.61. The van der Waals surface area contributed by atoms with E-state index >= 15 is 0 Å². The summed E-state index contributed by atoms with van der Waals surface area (Å²) in [7, 11) is -0.329. The van der Waals surface area contributed by atoms with Crippen molar-refractivity contribution >= 4 is 38.6 Å². The summed E-state index contributed by atoms with van der Waals surface area (Å²) in [6.07, 6.45) is 2.71. The number of sulfonamides is 1. The molecular weight excluding hydrogens is 458 g/mol. The summed E-state index contributed by atoms with van der Waals surface area (Å²) in [6.45, 7) is 7.17. The largest absolute Gasteiger partial charge is 0.493 e. The molecule has 2 aromatic rings. The fraction of sp³-hybridized carbons (Fsp3) is 0.375. The average Bonchev–Trinajstić information content (AvgIpc) is 2.80. The molecule has 9 heteroatoms. The van der Waals surface area contributed by atoms with Gasteiger partial charge in [0.15, 0.2) is 11.5 Å². The first kappa shape index (κ1) is 25.0. The Morgan fingerprint density at radius 3 is 2.45 bits per heavy atom. The highest BCUT2D eigenvalue weighted by Crippen LogP contribution is 2.35. The highest BCUT2D eigenvalue weighted by Gasteiger charge is 2.23. The number of nitrogens with zero attached hydrogens (tertiary/aromatic N) is 1. The Hall–Kier alpha value is -2.62. The lowest BCUT2D eigenvalue weighted by Gasteiger charge is -2.23. The average molecular weight is 490 g/mol. The van der Waals surface area contributed by atoms with Crippen molar-refractivity contribution in [2.24, 2.45) is 0 Å². The zero-order valence-electron chi connectivity index (χ0n) is 19.7. The van der Waals surface area contributed by atoms with Crippen molar-refractivity contribution in [3.8, 4) is 11.5 Å². The smallest absolute Gasteiger partial charge is 0.243 e. The Bertz CT molecular complexity index is 1170. The molecule has 3 rings (SSSR count). The van der Waals surface area contributed by atoms with E-state index in [0.717, 1.165) is 35.4 Å². The van der Waals surface area contributed by atoms with Gasteiger partial charge in [0.1, 0.15) is 4.99 Å². The number of nitrogens with one attached hydrogen (secondary N) is 2. The molecule has 0 saturated carbocycles. The maximum atomic E-state index is 12.9. The molecule has 7 nitrogen and oxygen atoms in total. The molecule has 0 fully saturated rings. The first-order valence-corrected chi connectivity index (χ1v) is 12.7. The Morgan fingerprint density at radius 2 is 1.82 bits per heavy atom.